The van der Waals surface area contributed by atoms with Crippen LogP contribution in [0.2, 0.25) is 0 Å². The molecule has 88 valence electrons. The van der Waals surface area contributed by atoms with Gasteiger partial charge < -0.3 is 5.32 Å². The van der Waals surface area contributed by atoms with Crippen molar-refractivity contribution in [3.05, 3.63) is 12.7 Å². The summed E-state index contributed by atoms with van der Waals surface area (Å²) < 4.78 is 0. The Morgan fingerprint density at radius 2 is 1.73 bits per heavy atom. The van der Waals surface area contributed by atoms with Gasteiger partial charge in [-0.05, 0) is 12.8 Å². The minimum atomic E-state index is -0.169. The van der Waals surface area contributed by atoms with Gasteiger partial charge in [0.15, 0.2) is 0 Å². The number of carbonyl (C=O) groups excluding carboxylic acids is 1. The highest BCUT2D eigenvalue weighted by molar-refractivity contribution is 5.74. The maximum absolute atomic E-state index is 11.2. The molecule has 2 nitrogen and oxygen atoms in total. The van der Waals surface area contributed by atoms with E-state index < -0.39 is 0 Å². The first kappa shape index (κ1) is 14.2. The molecule has 0 unspecified atom stereocenters. The maximum atomic E-state index is 11.2. The third kappa shape index (κ3) is 5.60. The Balaban J connectivity index is 4.43. The molecule has 0 aliphatic rings. The van der Waals surface area contributed by atoms with E-state index in [4.69, 9.17) is 0 Å². The zero-order chi connectivity index (χ0) is 11.7. The van der Waals surface area contributed by atoms with Crippen molar-refractivity contribution in [2.24, 2.45) is 0 Å². The highest BCUT2D eigenvalue weighted by Gasteiger charge is 2.25. The summed E-state index contributed by atoms with van der Waals surface area (Å²) in [6.07, 6.45) is 8.51. The molecule has 0 spiro atoms. The number of unbranched alkanes of at least 4 members (excludes halogenated alkanes) is 2. The van der Waals surface area contributed by atoms with Crippen LogP contribution in [0.3, 0.4) is 0 Å². The second kappa shape index (κ2) is 7.49. The lowest BCUT2D eigenvalue weighted by Crippen LogP contribution is -2.45. The smallest absolute Gasteiger partial charge is 0.217 e. The van der Waals surface area contributed by atoms with E-state index >= 15 is 0 Å². The third-order valence-corrected chi connectivity index (χ3v) is 2.77. The predicted octanol–water partition coefficient (Wildman–Crippen LogP) is 3.43. The van der Waals surface area contributed by atoms with Crippen molar-refractivity contribution >= 4 is 5.91 Å². The second-order valence-electron chi connectivity index (χ2n) is 4.25. The van der Waals surface area contributed by atoms with Gasteiger partial charge >= 0.3 is 0 Å². The van der Waals surface area contributed by atoms with Crippen LogP contribution in [-0.4, -0.2) is 11.4 Å². The van der Waals surface area contributed by atoms with Crippen molar-refractivity contribution in [2.45, 2.75) is 64.8 Å². The standard InChI is InChI=1S/C13H25NO/c1-5-8-10-13(7-3,11-9-6-2)14-12(4)15/h7H,3,5-6,8-11H2,1-2,4H3,(H,14,15). The Morgan fingerprint density at radius 3 is 2.00 bits per heavy atom. The van der Waals surface area contributed by atoms with Gasteiger partial charge in [0.1, 0.15) is 0 Å². The minimum absolute atomic E-state index is 0.0436. The van der Waals surface area contributed by atoms with Crippen LogP contribution in [0.15, 0.2) is 12.7 Å². The summed E-state index contributed by atoms with van der Waals surface area (Å²) in [5, 5.41) is 3.06. The Labute approximate surface area is 94.1 Å². The number of nitrogens with one attached hydrogen (secondary N) is 1. The van der Waals surface area contributed by atoms with Crippen LogP contribution in [0.1, 0.15) is 59.3 Å². The number of amides is 1. The van der Waals surface area contributed by atoms with E-state index in [1.807, 2.05) is 6.08 Å². The first-order valence-electron chi connectivity index (χ1n) is 6.02. The van der Waals surface area contributed by atoms with Gasteiger partial charge in [-0.2, -0.15) is 0 Å². The Bertz CT molecular complexity index is 191. The molecule has 0 atom stereocenters. The molecular formula is C13H25NO. The van der Waals surface area contributed by atoms with Crippen LogP contribution in [0.25, 0.3) is 0 Å². The lowest BCUT2D eigenvalue weighted by molar-refractivity contribution is -0.120. The summed E-state index contributed by atoms with van der Waals surface area (Å²) in [5.74, 6) is 0.0436. The van der Waals surface area contributed by atoms with E-state index in [0.29, 0.717) is 0 Å². The maximum Gasteiger partial charge on any atom is 0.217 e. The lowest BCUT2D eigenvalue weighted by atomic mass is 9.87. The molecule has 0 saturated carbocycles. The molecule has 15 heavy (non-hydrogen) atoms. The highest BCUT2D eigenvalue weighted by Crippen LogP contribution is 2.22. The van der Waals surface area contributed by atoms with Crippen LogP contribution >= 0.6 is 0 Å². The zero-order valence-corrected chi connectivity index (χ0v) is 10.4. The normalized spacial score (nSPS) is 11.1. The first-order chi connectivity index (χ1) is 7.10. The zero-order valence-electron chi connectivity index (χ0n) is 10.4. The average molecular weight is 211 g/mol. The molecule has 0 rings (SSSR count). The first-order valence-corrected chi connectivity index (χ1v) is 6.02. The molecule has 1 N–H and O–H groups in total. The molecule has 2 heteroatoms. The molecule has 0 saturated heterocycles. The van der Waals surface area contributed by atoms with Crippen molar-refractivity contribution in [3.8, 4) is 0 Å². The molecule has 0 aromatic carbocycles. The van der Waals surface area contributed by atoms with E-state index in [1.165, 1.54) is 0 Å². The van der Waals surface area contributed by atoms with E-state index in [1.54, 1.807) is 6.92 Å². The molecule has 0 bridgehead atoms. The Hall–Kier alpha value is -0.790. The highest BCUT2D eigenvalue weighted by atomic mass is 16.1. The van der Waals surface area contributed by atoms with Crippen molar-refractivity contribution in [3.63, 3.8) is 0 Å². The van der Waals surface area contributed by atoms with Gasteiger partial charge in [-0.1, -0.05) is 45.6 Å². The number of carbonyl (C=O) groups is 1. The Kier molecular flexibility index (Phi) is 7.10. The molecule has 0 radical (unpaired) electrons. The Morgan fingerprint density at radius 1 is 1.27 bits per heavy atom. The fourth-order valence-electron chi connectivity index (χ4n) is 1.84. The molecule has 0 aliphatic carbocycles. The number of hydrogen-bond acceptors (Lipinski definition) is 1. The third-order valence-electron chi connectivity index (χ3n) is 2.77. The molecular weight excluding hydrogens is 186 g/mol. The van der Waals surface area contributed by atoms with Gasteiger partial charge in [-0.15, -0.1) is 6.58 Å². The van der Waals surface area contributed by atoms with E-state index in [-0.39, 0.29) is 11.4 Å². The van der Waals surface area contributed by atoms with Crippen molar-refractivity contribution in [1.29, 1.82) is 0 Å². The fourth-order valence-corrected chi connectivity index (χ4v) is 1.84. The number of hydrogen-bond donors (Lipinski definition) is 1. The molecule has 0 aliphatic heterocycles. The van der Waals surface area contributed by atoms with Crippen LogP contribution in [0.4, 0.5) is 0 Å². The van der Waals surface area contributed by atoms with Crippen LogP contribution in [0, 0.1) is 0 Å². The van der Waals surface area contributed by atoms with Crippen molar-refractivity contribution in [1.82, 2.24) is 5.32 Å². The van der Waals surface area contributed by atoms with Gasteiger partial charge in [0.05, 0.1) is 5.54 Å². The summed E-state index contributed by atoms with van der Waals surface area (Å²) in [7, 11) is 0. The van der Waals surface area contributed by atoms with Gasteiger partial charge in [-0.25, -0.2) is 0 Å². The van der Waals surface area contributed by atoms with E-state index in [9.17, 15) is 4.79 Å². The van der Waals surface area contributed by atoms with E-state index in [0.717, 1.165) is 38.5 Å². The monoisotopic (exact) mass is 211 g/mol. The summed E-state index contributed by atoms with van der Waals surface area (Å²) >= 11 is 0. The average Bonchev–Trinajstić information content (AvgIpc) is 2.22. The fraction of sp³-hybridized carbons (Fsp3) is 0.769. The molecule has 1 amide bonds. The predicted molar refractivity (Wildman–Crippen MR) is 65.8 cm³/mol. The largest absolute Gasteiger partial charge is 0.347 e. The lowest BCUT2D eigenvalue weighted by Gasteiger charge is -2.31. The molecule has 0 heterocycles. The van der Waals surface area contributed by atoms with Crippen molar-refractivity contribution < 1.29 is 4.79 Å². The summed E-state index contributed by atoms with van der Waals surface area (Å²) in [4.78, 5) is 11.2. The van der Waals surface area contributed by atoms with E-state index in [2.05, 4.69) is 25.7 Å². The van der Waals surface area contributed by atoms with Crippen LogP contribution in [0.5, 0.6) is 0 Å². The summed E-state index contributed by atoms with van der Waals surface area (Å²) in [6.45, 7) is 9.79. The van der Waals surface area contributed by atoms with Gasteiger partial charge in [0, 0.05) is 6.92 Å². The number of rotatable bonds is 8. The summed E-state index contributed by atoms with van der Waals surface area (Å²) in [5.41, 5.74) is -0.169. The van der Waals surface area contributed by atoms with Gasteiger partial charge in [0.25, 0.3) is 0 Å². The van der Waals surface area contributed by atoms with Gasteiger partial charge in [0.2, 0.25) is 5.91 Å². The van der Waals surface area contributed by atoms with Crippen molar-refractivity contribution in [2.75, 3.05) is 0 Å². The second-order valence-corrected chi connectivity index (χ2v) is 4.25. The molecule has 0 fully saturated rings. The molecule has 0 aromatic rings. The van der Waals surface area contributed by atoms with Gasteiger partial charge in [-0.3, -0.25) is 4.79 Å². The minimum Gasteiger partial charge on any atom is -0.347 e. The topological polar surface area (TPSA) is 29.1 Å². The van der Waals surface area contributed by atoms with Crippen LogP contribution in [-0.2, 0) is 4.79 Å². The summed E-state index contributed by atoms with van der Waals surface area (Å²) in [6, 6.07) is 0. The van der Waals surface area contributed by atoms with Crippen LogP contribution < -0.4 is 5.32 Å². The SMILES string of the molecule is C=CC(CCCC)(CCCC)NC(C)=O. The quantitative estimate of drug-likeness (QED) is 0.612. The molecule has 0 aromatic heterocycles.